The van der Waals surface area contributed by atoms with E-state index in [-0.39, 0.29) is 12.8 Å². The van der Waals surface area contributed by atoms with Gasteiger partial charge in [-0.25, -0.2) is 4.98 Å². The average molecular weight is 141 g/mol. The van der Waals surface area contributed by atoms with Crippen LogP contribution in [0.1, 0.15) is 30.5 Å². The molecule has 0 aromatic carbocycles. The molecule has 0 aliphatic carbocycles. The van der Waals surface area contributed by atoms with Crippen molar-refractivity contribution >= 4 is 0 Å². The van der Waals surface area contributed by atoms with Crippen LogP contribution in [0.4, 0.5) is 0 Å². The van der Waals surface area contributed by atoms with Crippen LogP contribution in [0.3, 0.4) is 0 Å². The molecule has 1 aliphatic heterocycles. The van der Waals surface area contributed by atoms with Gasteiger partial charge in [0, 0.05) is 18.4 Å². The van der Waals surface area contributed by atoms with Gasteiger partial charge in [0.1, 0.15) is 12.2 Å². The normalized spacial score (nSPS) is 34.0. The van der Waals surface area contributed by atoms with Gasteiger partial charge in [0.05, 0.1) is 0 Å². The summed E-state index contributed by atoms with van der Waals surface area (Å²) in [6, 6.07) is 0. The van der Waals surface area contributed by atoms with Crippen molar-refractivity contribution in [1.82, 2.24) is 14.8 Å². The van der Waals surface area contributed by atoms with E-state index >= 15 is 0 Å². The summed E-state index contributed by atoms with van der Waals surface area (Å²) >= 11 is 0. The molecule has 0 unspecified atom stereocenters. The van der Waals surface area contributed by atoms with E-state index in [0.29, 0.717) is 12.4 Å². The van der Waals surface area contributed by atoms with Crippen LogP contribution in [-0.4, -0.2) is 14.8 Å². The van der Waals surface area contributed by atoms with Crippen LogP contribution in [0.25, 0.3) is 0 Å². The van der Waals surface area contributed by atoms with Crippen molar-refractivity contribution in [2.45, 2.75) is 32.1 Å². The van der Waals surface area contributed by atoms with Gasteiger partial charge < -0.3 is 0 Å². The largest absolute Gasteiger partial charge is 0.250 e. The molecular formula is C7H11N3. The Morgan fingerprint density at radius 2 is 2.60 bits per heavy atom. The standard InChI is InChI=1S/C7H11N3/c1-2-4-7-8-6-9-10(7)5-3-1/h6H,1-5H2/i1D2,2D2. The second-order valence-corrected chi connectivity index (χ2v) is 2.18. The van der Waals surface area contributed by atoms with Crippen LogP contribution < -0.4 is 0 Å². The highest BCUT2D eigenvalue weighted by atomic mass is 15.3. The minimum Gasteiger partial charge on any atom is -0.250 e. The molecule has 1 aliphatic rings. The van der Waals surface area contributed by atoms with E-state index in [4.69, 9.17) is 5.48 Å². The SMILES string of the molecule is [2H]C1([2H])CCn2ncnc2CC1([2H])[2H]. The molecule has 1 aromatic heterocycles. The minimum atomic E-state index is -1.87. The topological polar surface area (TPSA) is 30.7 Å². The van der Waals surface area contributed by atoms with Crippen molar-refractivity contribution in [2.75, 3.05) is 0 Å². The highest BCUT2D eigenvalue weighted by molar-refractivity contribution is 4.86. The quantitative estimate of drug-likeness (QED) is 0.539. The van der Waals surface area contributed by atoms with E-state index in [1.165, 1.54) is 6.33 Å². The second kappa shape index (κ2) is 2.40. The zero-order chi connectivity index (χ0) is 10.4. The molecule has 0 radical (unpaired) electrons. The first-order valence-electron chi connectivity index (χ1n) is 5.29. The zero-order valence-electron chi connectivity index (χ0n) is 9.54. The summed E-state index contributed by atoms with van der Waals surface area (Å²) in [6.45, 7) is 0.391. The smallest absolute Gasteiger partial charge is 0.138 e. The summed E-state index contributed by atoms with van der Waals surface area (Å²) in [5.74, 6) is 0.524. The number of nitrogens with zero attached hydrogens (tertiary/aromatic N) is 3. The molecule has 0 spiro atoms. The maximum Gasteiger partial charge on any atom is 0.138 e. The molecule has 0 saturated carbocycles. The molecule has 2 rings (SSSR count). The Morgan fingerprint density at radius 1 is 1.60 bits per heavy atom. The summed E-state index contributed by atoms with van der Waals surface area (Å²) in [5.41, 5.74) is 0. The summed E-state index contributed by atoms with van der Waals surface area (Å²) in [7, 11) is 0. The Balaban J connectivity index is 2.38. The Kier molecular flexibility index (Phi) is 0.728. The highest BCUT2D eigenvalue weighted by Gasteiger charge is 2.06. The van der Waals surface area contributed by atoms with E-state index in [1.807, 2.05) is 0 Å². The van der Waals surface area contributed by atoms with E-state index < -0.39 is 12.7 Å². The lowest BCUT2D eigenvalue weighted by molar-refractivity contribution is 0.575. The summed E-state index contributed by atoms with van der Waals surface area (Å²) in [6.07, 6.45) is -2.17. The third-order valence-corrected chi connectivity index (χ3v) is 1.52. The molecule has 54 valence electrons. The third kappa shape index (κ3) is 0.916. The summed E-state index contributed by atoms with van der Waals surface area (Å²) < 4.78 is 32.1. The Morgan fingerprint density at radius 3 is 3.60 bits per heavy atom. The van der Waals surface area contributed by atoms with Crippen molar-refractivity contribution in [3.63, 3.8) is 0 Å². The van der Waals surface area contributed by atoms with Crippen molar-refractivity contribution in [1.29, 1.82) is 0 Å². The molecule has 0 amide bonds. The molecule has 10 heavy (non-hydrogen) atoms. The van der Waals surface area contributed by atoms with Gasteiger partial charge in [-0.05, 0) is 12.8 Å². The Bertz CT molecular complexity index is 346. The molecular weight excluding hydrogens is 126 g/mol. The Labute approximate surface area is 65.7 Å². The molecule has 0 atom stereocenters. The van der Waals surface area contributed by atoms with Crippen molar-refractivity contribution in [2.24, 2.45) is 0 Å². The number of aromatic nitrogens is 3. The fourth-order valence-corrected chi connectivity index (χ4v) is 1.00. The first kappa shape index (κ1) is 3.03. The number of rotatable bonds is 0. The monoisotopic (exact) mass is 141 g/mol. The Hall–Kier alpha value is -0.860. The van der Waals surface area contributed by atoms with Crippen LogP contribution >= 0.6 is 0 Å². The van der Waals surface area contributed by atoms with E-state index in [0.717, 1.165) is 0 Å². The fraction of sp³-hybridized carbons (Fsp3) is 0.714. The van der Waals surface area contributed by atoms with Gasteiger partial charge in [0.15, 0.2) is 0 Å². The van der Waals surface area contributed by atoms with E-state index in [9.17, 15) is 0 Å². The summed E-state index contributed by atoms with van der Waals surface area (Å²) in [4.78, 5) is 3.92. The number of hydrogen-bond acceptors (Lipinski definition) is 2. The van der Waals surface area contributed by atoms with Crippen LogP contribution in [-0.2, 0) is 13.0 Å². The van der Waals surface area contributed by atoms with Crippen LogP contribution in [0, 0.1) is 0 Å². The number of fused-ring (bicyclic) bond motifs is 1. The average Bonchev–Trinajstić information content (AvgIpc) is 2.44. The number of aryl methyl sites for hydroxylation is 2. The van der Waals surface area contributed by atoms with Crippen molar-refractivity contribution in [3.05, 3.63) is 12.2 Å². The van der Waals surface area contributed by atoms with E-state index in [1.54, 1.807) is 4.68 Å². The van der Waals surface area contributed by atoms with Gasteiger partial charge in [-0.1, -0.05) is 6.37 Å². The van der Waals surface area contributed by atoms with Crippen molar-refractivity contribution < 1.29 is 5.48 Å². The van der Waals surface area contributed by atoms with Gasteiger partial charge in [-0.15, -0.1) is 0 Å². The molecule has 0 bridgehead atoms. The highest BCUT2D eigenvalue weighted by Crippen LogP contribution is 2.09. The van der Waals surface area contributed by atoms with Crippen LogP contribution in [0.5, 0.6) is 0 Å². The van der Waals surface area contributed by atoms with Gasteiger partial charge in [-0.3, -0.25) is 4.68 Å². The first-order chi connectivity index (χ1) is 6.42. The molecule has 3 heteroatoms. The predicted molar refractivity (Wildman–Crippen MR) is 37.6 cm³/mol. The van der Waals surface area contributed by atoms with Crippen molar-refractivity contribution in [3.8, 4) is 0 Å². The van der Waals surface area contributed by atoms with Gasteiger partial charge in [0.25, 0.3) is 0 Å². The lowest BCUT2D eigenvalue weighted by Crippen LogP contribution is -2.01. The third-order valence-electron chi connectivity index (χ3n) is 1.52. The molecule has 0 saturated heterocycles. The van der Waals surface area contributed by atoms with Gasteiger partial charge in [-0.2, -0.15) is 5.10 Å². The lowest BCUT2D eigenvalue weighted by Gasteiger charge is -1.96. The first-order valence-corrected chi connectivity index (χ1v) is 3.29. The zero-order valence-corrected chi connectivity index (χ0v) is 5.54. The van der Waals surface area contributed by atoms with Crippen LogP contribution in [0.2, 0.25) is 0 Å². The maximum atomic E-state index is 7.65. The second-order valence-electron chi connectivity index (χ2n) is 2.18. The van der Waals surface area contributed by atoms with E-state index in [2.05, 4.69) is 10.1 Å². The molecule has 0 N–H and O–H groups in total. The van der Waals surface area contributed by atoms with Crippen LogP contribution in [0.15, 0.2) is 6.33 Å². The predicted octanol–water partition coefficient (Wildman–Crippen LogP) is 1.00. The number of hydrogen-bond donors (Lipinski definition) is 0. The molecule has 3 nitrogen and oxygen atoms in total. The minimum absolute atomic E-state index is 0.0139. The lowest BCUT2D eigenvalue weighted by atomic mass is 10.2. The van der Waals surface area contributed by atoms with Gasteiger partial charge >= 0.3 is 0 Å². The van der Waals surface area contributed by atoms with Gasteiger partial charge in [0.2, 0.25) is 0 Å². The summed E-state index contributed by atoms with van der Waals surface area (Å²) in [5, 5.41) is 3.92. The maximum absolute atomic E-state index is 7.65. The fourth-order valence-electron chi connectivity index (χ4n) is 1.00. The molecule has 2 heterocycles. The molecule has 0 fully saturated rings. The molecule has 1 aromatic rings.